The lowest BCUT2D eigenvalue weighted by Gasteiger charge is -1.91. The lowest BCUT2D eigenvalue weighted by molar-refractivity contribution is 0.0701. The van der Waals surface area contributed by atoms with Crippen LogP contribution in [-0.4, -0.2) is 36.3 Å². The number of carbonyl (C=O) groups excluding carboxylic acids is 2. The third-order valence-corrected chi connectivity index (χ3v) is 7.49. The molecule has 33 heavy (non-hydrogen) atoms. The van der Waals surface area contributed by atoms with Gasteiger partial charge in [0.2, 0.25) is 9.05 Å². The number of carboxylic acid groups (broad SMARTS) is 1. The van der Waals surface area contributed by atoms with E-state index in [0.29, 0.717) is 14.6 Å². The van der Waals surface area contributed by atoms with E-state index in [-0.39, 0.29) is 5.24 Å². The van der Waals surface area contributed by atoms with Crippen molar-refractivity contribution >= 4 is 93.7 Å². The predicted octanol–water partition coefficient (Wildman–Crippen LogP) is 6.82. The van der Waals surface area contributed by atoms with Gasteiger partial charge in [-0.3, -0.25) is 9.59 Å². The smallest absolute Gasteiger partial charge is 0.345 e. The topological polar surface area (TPSA) is 106 Å². The highest BCUT2D eigenvalue weighted by atomic mass is 35.7. The summed E-state index contributed by atoms with van der Waals surface area (Å²) in [7, 11) is 1.18. The Morgan fingerprint density at radius 1 is 0.758 bits per heavy atom. The minimum absolute atomic E-state index is 0.375. The van der Waals surface area contributed by atoms with Gasteiger partial charge in [0.25, 0.3) is 5.24 Å². The van der Waals surface area contributed by atoms with Gasteiger partial charge >= 0.3 is 5.97 Å². The molecule has 0 aliphatic rings. The molecule has 0 unspecified atom stereocenters. The molecule has 4 rings (SSSR count). The molecule has 1 N–H and O–H groups in total. The summed E-state index contributed by atoms with van der Waals surface area (Å²) in [4.78, 5) is 32.8. The molecular formula is C20H16Cl2O6S5. The molecule has 0 radical (unpaired) electrons. The van der Waals surface area contributed by atoms with Gasteiger partial charge in [-0.1, -0.05) is 30.3 Å². The zero-order chi connectivity index (χ0) is 24.7. The van der Waals surface area contributed by atoms with Crippen molar-refractivity contribution in [2.75, 3.05) is 5.75 Å². The maximum absolute atomic E-state index is 11.1. The van der Waals surface area contributed by atoms with E-state index in [1.165, 1.54) is 34.0 Å². The number of thiophene rings is 4. The number of hydrogen-bond acceptors (Lipinski definition) is 9. The zero-order valence-corrected chi connectivity index (χ0v) is 22.1. The van der Waals surface area contributed by atoms with Crippen LogP contribution in [0.5, 0.6) is 0 Å². The summed E-state index contributed by atoms with van der Waals surface area (Å²) >= 11 is 10.6. The Morgan fingerprint density at radius 3 is 1.45 bits per heavy atom. The second-order valence-electron chi connectivity index (χ2n) is 5.41. The Bertz CT molecular complexity index is 1110. The number of Topliss-reactive ketones (excluding diaryl/α,β-unsaturated/α-hetero) is 1. The van der Waals surface area contributed by atoms with Crippen LogP contribution in [0.2, 0.25) is 0 Å². The minimum Gasteiger partial charge on any atom is -0.477 e. The largest absolute Gasteiger partial charge is 0.477 e. The van der Waals surface area contributed by atoms with Gasteiger partial charge in [0.15, 0.2) is 5.78 Å². The standard InChI is InChI=1S/C6H5ClO3S2.C5H3ClOS.C5H4O2S.C4H4S/c7-12(9,10)4-5(8)6-2-1-3-11-6;2*6-5(7)4-2-1-3-8-4;1-2-4-5-3-1/h1-3H,4H2;1-3H;1-3H,(H,6,7);1-4H. The average Bonchev–Trinajstić information content (AvgIpc) is 3.56. The van der Waals surface area contributed by atoms with Crippen molar-refractivity contribution in [1.82, 2.24) is 0 Å². The van der Waals surface area contributed by atoms with Crippen molar-refractivity contribution in [1.29, 1.82) is 0 Å². The number of ketones is 1. The van der Waals surface area contributed by atoms with E-state index < -0.39 is 26.6 Å². The van der Waals surface area contributed by atoms with Crippen LogP contribution in [0.4, 0.5) is 0 Å². The number of aromatic carboxylic acids is 1. The molecule has 4 heterocycles. The Morgan fingerprint density at radius 2 is 1.21 bits per heavy atom. The summed E-state index contributed by atoms with van der Waals surface area (Å²) in [6.45, 7) is 0. The molecule has 4 aromatic heterocycles. The molecule has 0 saturated heterocycles. The number of rotatable bonds is 5. The second-order valence-corrected chi connectivity index (χ2v) is 12.2. The van der Waals surface area contributed by atoms with Crippen molar-refractivity contribution in [3.63, 3.8) is 0 Å². The average molecular weight is 584 g/mol. The summed E-state index contributed by atoms with van der Waals surface area (Å²) in [5, 5.41) is 17.2. The second kappa shape index (κ2) is 15.9. The summed E-state index contributed by atoms with van der Waals surface area (Å²) in [6, 6.07) is 14.1. The first-order chi connectivity index (χ1) is 15.6. The van der Waals surface area contributed by atoms with Crippen LogP contribution in [0, 0.1) is 0 Å². The molecule has 0 aliphatic carbocycles. The highest BCUT2D eigenvalue weighted by Gasteiger charge is 2.15. The Balaban J connectivity index is 0.000000229. The van der Waals surface area contributed by atoms with E-state index in [1.54, 1.807) is 58.5 Å². The van der Waals surface area contributed by atoms with Gasteiger partial charge in [0.1, 0.15) is 10.6 Å². The van der Waals surface area contributed by atoms with Gasteiger partial charge in [-0.2, -0.15) is 11.3 Å². The third kappa shape index (κ3) is 14.1. The zero-order valence-electron chi connectivity index (χ0n) is 16.5. The summed E-state index contributed by atoms with van der Waals surface area (Å²) < 4.78 is 21.0. The Labute approximate surface area is 216 Å². The van der Waals surface area contributed by atoms with Gasteiger partial charge in [-0.15, -0.1) is 34.0 Å². The van der Waals surface area contributed by atoms with Crippen LogP contribution in [0.25, 0.3) is 0 Å². The van der Waals surface area contributed by atoms with Gasteiger partial charge in [0.05, 0.1) is 9.75 Å². The fraction of sp³-hybridized carbons (Fsp3) is 0.0500. The molecule has 0 saturated carbocycles. The maximum Gasteiger partial charge on any atom is 0.345 e. The Kier molecular flexibility index (Phi) is 14.0. The van der Waals surface area contributed by atoms with Gasteiger partial charge < -0.3 is 5.11 Å². The molecule has 0 aliphatic heterocycles. The monoisotopic (exact) mass is 582 g/mol. The number of carboxylic acids is 1. The molecular weight excluding hydrogens is 567 g/mol. The van der Waals surface area contributed by atoms with Crippen molar-refractivity contribution < 1.29 is 27.9 Å². The normalized spacial score (nSPS) is 9.76. The first-order valence-corrected chi connectivity index (χ1v) is 15.0. The molecule has 0 aromatic carbocycles. The van der Waals surface area contributed by atoms with E-state index in [4.69, 9.17) is 27.4 Å². The van der Waals surface area contributed by atoms with Crippen molar-refractivity contribution in [3.8, 4) is 0 Å². The molecule has 176 valence electrons. The van der Waals surface area contributed by atoms with E-state index in [0.717, 1.165) is 0 Å². The summed E-state index contributed by atoms with van der Waals surface area (Å²) in [5.41, 5.74) is 0. The van der Waals surface area contributed by atoms with Crippen LogP contribution in [0.1, 0.15) is 29.0 Å². The lowest BCUT2D eigenvalue weighted by Crippen LogP contribution is -2.09. The molecule has 6 nitrogen and oxygen atoms in total. The van der Waals surface area contributed by atoms with Crippen LogP contribution >= 0.6 is 67.6 Å². The number of halogens is 2. The predicted molar refractivity (Wildman–Crippen MR) is 138 cm³/mol. The van der Waals surface area contributed by atoms with E-state index in [9.17, 15) is 22.8 Å². The van der Waals surface area contributed by atoms with Crippen molar-refractivity contribution in [2.24, 2.45) is 0 Å². The minimum atomic E-state index is -3.72. The quantitative estimate of drug-likeness (QED) is 0.204. The molecule has 0 fully saturated rings. The molecule has 13 heteroatoms. The van der Waals surface area contributed by atoms with Gasteiger partial charge in [-0.25, -0.2) is 13.2 Å². The highest BCUT2D eigenvalue weighted by molar-refractivity contribution is 8.14. The SMILES string of the molecule is O=C(CS(=O)(=O)Cl)c1cccs1.O=C(Cl)c1cccs1.O=C(O)c1cccs1.c1ccsc1. The Hall–Kier alpha value is -1.86. The summed E-state index contributed by atoms with van der Waals surface area (Å²) in [6.07, 6.45) is 0. The van der Waals surface area contributed by atoms with E-state index >= 15 is 0 Å². The molecule has 0 spiro atoms. The number of carbonyl (C=O) groups is 3. The maximum atomic E-state index is 11.1. The number of hydrogen-bond donors (Lipinski definition) is 1. The first kappa shape index (κ1) is 29.2. The van der Waals surface area contributed by atoms with Gasteiger partial charge in [0, 0.05) is 10.7 Å². The molecule has 0 atom stereocenters. The molecule has 0 bridgehead atoms. The van der Waals surface area contributed by atoms with Crippen molar-refractivity contribution in [2.45, 2.75) is 0 Å². The molecule has 4 aromatic rings. The molecule has 0 amide bonds. The van der Waals surface area contributed by atoms with E-state index in [2.05, 4.69) is 0 Å². The van der Waals surface area contributed by atoms with Crippen LogP contribution in [-0.2, 0) is 9.05 Å². The fourth-order valence-corrected chi connectivity index (χ4v) is 4.97. The van der Waals surface area contributed by atoms with Gasteiger partial charge in [-0.05, 0) is 56.7 Å². The van der Waals surface area contributed by atoms with E-state index in [1.807, 2.05) is 28.3 Å². The lowest BCUT2D eigenvalue weighted by atomic mass is 10.4. The van der Waals surface area contributed by atoms with Crippen molar-refractivity contribution in [3.05, 3.63) is 90.1 Å². The summed E-state index contributed by atoms with van der Waals surface area (Å²) in [5.74, 6) is -1.94. The van der Waals surface area contributed by atoms with Crippen LogP contribution in [0.15, 0.2) is 75.4 Å². The third-order valence-electron chi connectivity index (χ3n) is 2.97. The first-order valence-electron chi connectivity index (χ1n) is 8.56. The fourth-order valence-electron chi connectivity index (χ4n) is 1.68. The van der Waals surface area contributed by atoms with Crippen LogP contribution in [0.3, 0.4) is 0 Å². The van der Waals surface area contributed by atoms with Crippen LogP contribution < -0.4 is 0 Å². The highest BCUT2D eigenvalue weighted by Crippen LogP contribution is 2.12.